The van der Waals surface area contributed by atoms with Crippen LogP contribution in [0.25, 0.3) is 0 Å². The first-order valence-electron chi connectivity index (χ1n) is 9.31. The zero-order chi connectivity index (χ0) is 19.7. The summed E-state index contributed by atoms with van der Waals surface area (Å²) in [5.41, 5.74) is 1.75. The fourth-order valence-corrected chi connectivity index (χ4v) is 3.96. The first-order valence-corrected chi connectivity index (χ1v) is 11.7. The van der Waals surface area contributed by atoms with Gasteiger partial charge in [0.25, 0.3) is 0 Å². The van der Waals surface area contributed by atoms with Gasteiger partial charge in [0.05, 0.1) is 19.8 Å². The molecule has 1 atom stereocenters. The topological polar surface area (TPSA) is 55.4 Å². The molecule has 0 N–H and O–H groups in total. The molecule has 0 aromatic heterocycles. The molecule has 1 aliphatic heterocycles. The van der Waals surface area contributed by atoms with Gasteiger partial charge in [-0.1, -0.05) is 24.3 Å². The van der Waals surface area contributed by atoms with Gasteiger partial charge in [0.1, 0.15) is 25.6 Å². The minimum atomic E-state index is -2.65. The van der Waals surface area contributed by atoms with Crippen molar-refractivity contribution in [2.24, 2.45) is 0 Å². The van der Waals surface area contributed by atoms with Crippen molar-refractivity contribution in [2.75, 3.05) is 39.6 Å². The van der Waals surface area contributed by atoms with Crippen LogP contribution >= 0.6 is 0 Å². The van der Waals surface area contributed by atoms with E-state index in [-0.39, 0.29) is 0 Å². The summed E-state index contributed by atoms with van der Waals surface area (Å²) < 4.78 is 35.2. The van der Waals surface area contributed by atoms with Gasteiger partial charge in [-0.05, 0) is 36.5 Å². The first kappa shape index (κ1) is 20.3. The van der Waals surface area contributed by atoms with E-state index in [1.165, 1.54) is 0 Å². The Morgan fingerprint density at radius 1 is 0.714 bits per heavy atom. The largest absolute Gasteiger partial charge is 0.515 e. The van der Waals surface area contributed by atoms with Crippen LogP contribution < -0.4 is 18.6 Å². The Morgan fingerprint density at radius 3 is 1.71 bits per heavy atom. The van der Waals surface area contributed by atoms with Gasteiger partial charge >= 0.3 is 8.56 Å². The van der Waals surface area contributed by atoms with E-state index < -0.39 is 8.56 Å². The van der Waals surface area contributed by atoms with E-state index in [0.29, 0.717) is 62.6 Å². The second-order valence-electron chi connectivity index (χ2n) is 6.22. The van der Waals surface area contributed by atoms with Crippen molar-refractivity contribution < 1.29 is 27.8 Å². The lowest BCUT2D eigenvalue weighted by atomic mass is 10.3. The Balaban J connectivity index is 1.73. The fourth-order valence-electron chi connectivity index (χ4n) is 2.61. The van der Waals surface area contributed by atoms with Gasteiger partial charge in [0.2, 0.25) is 0 Å². The van der Waals surface area contributed by atoms with Crippen LogP contribution in [0.15, 0.2) is 60.8 Å². The lowest BCUT2D eigenvalue weighted by Crippen LogP contribution is -2.41. The molecule has 2 aromatic carbocycles. The summed E-state index contributed by atoms with van der Waals surface area (Å²) in [5, 5.41) is 0. The van der Waals surface area contributed by atoms with E-state index in [0.717, 1.165) is 0 Å². The van der Waals surface area contributed by atoms with Crippen LogP contribution in [0.1, 0.15) is 0 Å². The highest BCUT2D eigenvalue weighted by atomic mass is 28.4. The van der Waals surface area contributed by atoms with Crippen molar-refractivity contribution in [3.05, 3.63) is 60.8 Å². The van der Waals surface area contributed by atoms with E-state index in [1.807, 2.05) is 55.1 Å². The van der Waals surface area contributed by atoms with Gasteiger partial charge in [-0.25, -0.2) is 0 Å². The number of fused-ring (bicyclic) bond motifs is 2. The predicted molar refractivity (Wildman–Crippen MR) is 109 cm³/mol. The van der Waals surface area contributed by atoms with E-state index in [4.69, 9.17) is 27.8 Å². The monoisotopic (exact) mass is 402 g/mol. The average molecular weight is 403 g/mol. The zero-order valence-corrected chi connectivity index (χ0v) is 17.1. The molecule has 0 radical (unpaired) electrons. The van der Waals surface area contributed by atoms with Crippen molar-refractivity contribution in [2.45, 2.75) is 6.55 Å². The van der Waals surface area contributed by atoms with E-state index in [9.17, 15) is 0 Å². The Labute approximate surface area is 166 Å². The van der Waals surface area contributed by atoms with Crippen LogP contribution in [0, 0.1) is 0 Å². The molecule has 6 nitrogen and oxygen atoms in total. The molecule has 0 bridgehead atoms. The summed E-state index contributed by atoms with van der Waals surface area (Å²) in [6.07, 6.45) is 0. The molecule has 0 aliphatic carbocycles. The molecule has 28 heavy (non-hydrogen) atoms. The summed E-state index contributed by atoms with van der Waals surface area (Å²) in [6.45, 7) is 8.32. The zero-order valence-electron chi connectivity index (χ0n) is 16.1. The fraction of sp³-hybridized carbons (Fsp3) is 0.333. The second-order valence-corrected chi connectivity index (χ2v) is 9.15. The first-order chi connectivity index (χ1) is 13.7. The number of hydrogen-bond acceptors (Lipinski definition) is 6. The summed E-state index contributed by atoms with van der Waals surface area (Å²) >= 11 is 0. The van der Waals surface area contributed by atoms with E-state index in [2.05, 4.69) is 6.58 Å². The minimum absolute atomic E-state index is 0.370. The molecule has 0 saturated carbocycles. The van der Waals surface area contributed by atoms with Crippen LogP contribution in [0.3, 0.4) is 0 Å². The number of rotatable bonds is 1. The molecule has 0 fully saturated rings. The maximum Gasteiger partial charge on any atom is 0.422 e. The molecule has 1 unspecified atom stereocenters. The summed E-state index contributed by atoms with van der Waals surface area (Å²) in [7, 11) is -2.65. The van der Waals surface area contributed by atoms with Gasteiger partial charge in [0, 0.05) is 0 Å². The quantitative estimate of drug-likeness (QED) is 0.677. The Morgan fingerprint density at radius 2 is 1.18 bits per heavy atom. The maximum absolute atomic E-state index is 6.18. The highest BCUT2D eigenvalue weighted by Crippen LogP contribution is 2.30. The van der Waals surface area contributed by atoms with E-state index >= 15 is 0 Å². The Kier molecular flexibility index (Phi) is 7.36. The molecule has 1 heterocycles. The second kappa shape index (κ2) is 10.2. The van der Waals surface area contributed by atoms with Gasteiger partial charge < -0.3 is 27.8 Å². The Hall–Kier alpha value is -2.48. The summed E-state index contributed by atoms with van der Waals surface area (Å²) in [4.78, 5) is 0. The SMILES string of the molecule is C=C[Si]1(C)OCCOc2ccccc2OCCOCCOc2ccccc2O1. The van der Waals surface area contributed by atoms with Crippen LogP contribution in [0.4, 0.5) is 0 Å². The van der Waals surface area contributed by atoms with Crippen LogP contribution in [-0.2, 0) is 9.16 Å². The normalized spacial score (nSPS) is 21.3. The van der Waals surface area contributed by atoms with Crippen molar-refractivity contribution in [3.8, 4) is 23.0 Å². The van der Waals surface area contributed by atoms with Crippen LogP contribution in [-0.4, -0.2) is 48.2 Å². The third-order valence-electron chi connectivity index (χ3n) is 4.08. The number of para-hydroxylation sites is 4. The predicted octanol–water partition coefficient (Wildman–Crippen LogP) is 3.75. The van der Waals surface area contributed by atoms with Crippen molar-refractivity contribution in [3.63, 3.8) is 0 Å². The summed E-state index contributed by atoms with van der Waals surface area (Å²) in [6, 6.07) is 15.1. The Bertz CT molecular complexity index is 768. The average Bonchev–Trinajstić information content (AvgIpc) is 2.72. The molecule has 2 aromatic rings. The summed E-state index contributed by atoms with van der Waals surface area (Å²) in [5.74, 6) is 2.64. The molecule has 150 valence electrons. The van der Waals surface area contributed by atoms with Crippen LogP contribution in [0.2, 0.25) is 6.55 Å². The van der Waals surface area contributed by atoms with Crippen molar-refractivity contribution >= 4 is 8.56 Å². The van der Waals surface area contributed by atoms with Gasteiger partial charge in [-0.15, -0.1) is 6.58 Å². The lowest BCUT2D eigenvalue weighted by molar-refractivity contribution is 0.0751. The van der Waals surface area contributed by atoms with Gasteiger partial charge in [-0.3, -0.25) is 0 Å². The molecule has 0 spiro atoms. The minimum Gasteiger partial charge on any atom is -0.515 e. The highest BCUT2D eigenvalue weighted by molar-refractivity contribution is 6.72. The van der Waals surface area contributed by atoms with E-state index in [1.54, 1.807) is 5.70 Å². The molecular weight excluding hydrogens is 376 g/mol. The van der Waals surface area contributed by atoms with Crippen molar-refractivity contribution in [1.82, 2.24) is 0 Å². The maximum atomic E-state index is 6.18. The number of benzene rings is 2. The lowest BCUT2D eigenvalue weighted by Gasteiger charge is -2.25. The number of hydrogen-bond donors (Lipinski definition) is 0. The van der Waals surface area contributed by atoms with Crippen LogP contribution in [0.5, 0.6) is 23.0 Å². The smallest absolute Gasteiger partial charge is 0.422 e. The standard InChI is InChI=1S/C21H26O6Si/c1-3-28(2)26-17-16-25-19-9-5-4-8-18(19)23-14-12-22-13-15-24-20-10-6-7-11-21(20)27-28/h3-11H,1,12-17H2,2H3. The van der Waals surface area contributed by atoms with Gasteiger partial charge in [-0.2, -0.15) is 0 Å². The molecular formula is C21H26O6Si. The van der Waals surface area contributed by atoms with Gasteiger partial charge in [0.15, 0.2) is 17.2 Å². The molecule has 0 saturated heterocycles. The molecule has 3 rings (SSSR count). The third kappa shape index (κ3) is 5.76. The molecule has 7 heteroatoms. The van der Waals surface area contributed by atoms with Crippen molar-refractivity contribution in [1.29, 1.82) is 0 Å². The third-order valence-corrected chi connectivity index (χ3v) is 6.23. The number of ether oxygens (including phenoxy) is 4. The highest BCUT2D eigenvalue weighted by Gasteiger charge is 2.31. The molecule has 1 aliphatic rings. The molecule has 0 amide bonds.